The highest BCUT2D eigenvalue weighted by atomic mass is 16.5. The number of methoxy groups -OCH3 is 1. The molecule has 1 saturated carbocycles. The maximum atomic E-state index is 13.8. The molecular formula is C28H31N5O4. The van der Waals surface area contributed by atoms with Crippen molar-refractivity contribution in [2.45, 2.75) is 57.9 Å². The Morgan fingerprint density at radius 3 is 2.27 bits per heavy atom. The molecule has 37 heavy (non-hydrogen) atoms. The van der Waals surface area contributed by atoms with Crippen molar-refractivity contribution in [2.24, 2.45) is 0 Å². The number of benzene rings is 2. The molecule has 9 nitrogen and oxygen atoms in total. The molecule has 1 atom stereocenters. The minimum atomic E-state index is -1.09. The Hall–Kier alpha value is -4.14. The van der Waals surface area contributed by atoms with Crippen molar-refractivity contribution in [2.75, 3.05) is 7.11 Å². The zero-order chi connectivity index (χ0) is 26.2. The third kappa shape index (κ3) is 4.81. The number of aromatic nitrogens is 2. The van der Waals surface area contributed by atoms with Crippen LogP contribution in [0, 0.1) is 6.92 Å². The number of imidazole rings is 1. The number of carbonyl (C=O) groups excluding carboxylic acids is 3. The van der Waals surface area contributed by atoms with Gasteiger partial charge in [-0.2, -0.15) is 0 Å². The van der Waals surface area contributed by atoms with Crippen LogP contribution in [0.3, 0.4) is 0 Å². The van der Waals surface area contributed by atoms with Crippen LogP contribution < -0.4 is 15.4 Å². The van der Waals surface area contributed by atoms with Gasteiger partial charge in [-0.05, 0) is 49.9 Å². The van der Waals surface area contributed by atoms with Crippen molar-refractivity contribution >= 4 is 17.7 Å². The molecule has 2 aromatic carbocycles. The molecule has 192 valence electrons. The van der Waals surface area contributed by atoms with Gasteiger partial charge < -0.3 is 24.8 Å². The summed E-state index contributed by atoms with van der Waals surface area (Å²) < 4.78 is 6.80. The van der Waals surface area contributed by atoms with Gasteiger partial charge in [0.1, 0.15) is 17.0 Å². The van der Waals surface area contributed by atoms with E-state index in [2.05, 4.69) is 15.6 Å². The van der Waals surface area contributed by atoms with Crippen molar-refractivity contribution in [3.63, 3.8) is 0 Å². The zero-order valence-electron chi connectivity index (χ0n) is 21.3. The van der Waals surface area contributed by atoms with Crippen LogP contribution in [0.15, 0.2) is 54.9 Å². The standard InChI is InChI=1S/C28H31N5O4/c1-18-4-6-19(7-5-18)15-30-27(36)28(2)16-32-17-31-23(24(32)26(35)33(28)21-10-11-21)25(34)29-14-20-8-12-22(37-3)13-9-20/h4-9,12-13,17,21H,10-11,14-16H2,1-3H3,(H,29,34)(H,30,36)/t28-/m0/s1. The van der Waals surface area contributed by atoms with Gasteiger partial charge in [-0.3, -0.25) is 14.4 Å². The third-order valence-corrected chi connectivity index (χ3v) is 7.07. The number of aryl methyl sites for hydroxylation is 1. The van der Waals surface area contributed by atoms with Crippen LogP contribution in [-0.2, 0) is 24.4 Å². The van der Waals surface area contributed by atoms with Crippen LogP contribution in [0.2, 0.25) is 0 Å². The van der Waals surface area contributed by atoms with Gasteiger partial charge in [0.05, 0.1) is 20.0 Å². The predicted molar refractivity (Wildman–Crippen MR) is 137 cm³/mol. The number of nitrogens with one attached hydrogen (secondary N) is 2. The van der Waals surface area contributed by atoms with Gasteiger partial charge in [-0.1, -0.05) is 42.0 Å². The number of hydrogen-bond acceptors (Lipinski definition) is 5. The molecule has 2 aliphatic rings. The molecule has 0 radical (unpaired) electrons. The molecule has 3 amide bonds. The second kappa shape index (κ2) is 9.72. The molecule has 1 aromatic heterocycles. The van der Waals surface area contributed by atoms with Crippen molar-refractivity contribution in [1.82, 2.24) is 25.1 Å². The van der Waals surface area contributed by atoms with Crippen LogP contribution in [0.4, 0.5) is 0 Å². The molecule has 0 saturated heterocycles. The molecule has 1 aliphatic heterocycles. The second-order valence-corrected chi connectivity index (χ2v) is 9.95. The Bertz CT molecular complexity index is 1330. The first-order valence-electron chi connectivity index (χ1n) is 12.4. The van der Waals surface area contributed by atoms with E-state index in [0.717, 1.165) is 35.3 Å². The van der Waals surface area contributed by atoms with E-state index >= 15 is 0 Å². The SMILES string of the molecule is COc1ccc(CNC(=O)c2ncn3c2C(=O)N(C2CC2)[C@](C)(C(=O)NCc2ccc(C)cc2)C3)cc1. The van der Waals surface area contributed by atoms with Crippen LogP contribution in [0.1, 0.15) is 57.4 Å². The van der Waals surface area contributed by atoms with Gasteiger partial charge in [0, 0.05) is 19.1 Å². The summed E-state index contributed by atoms with van der Waals surface area (Å²) in [6.45, 7) is 4.69. The maximum absolute atomic E-state index is 13.8. The van der Waals surface area contributed by atoms with Crippen LogP contribution in [-0.4, -0.2) is 50.9 Å². The van der Waals surface area contributed by atoms with E-state index in [0.29, 0.717) is 6.54 Å². The number of carbonyl (C=O) groups is 3. The largest absolute Gasteiger partial charge is 0.497 e. The van der Waals surface area contributed by atoms with E-state index in [4.69, 9.17) is 4.74 Å². The fraction of sp³-hybridized carbons (Fsp3) is 0.357. The third-order valence-electron chi connectivity index (χ3n) is 7.07. The molecule has 1 fully saturated rings. The molecule has 0 spiro atoms. The van der Waals surface area contributed by atoms with Crippen molar-refractivity contribution < 1.29 is 19.1 Å². The first-order chi connectivity index (χ1) is 17.8. The normalized spacial score (nSPS) is 18.8. The van der Waals surface area contributed by atoms with Crippen LogP contribution in [0.25, 0.3) is 0 Å². The molecule has 0 bridgehead atoms. The van der Waals surface area contributed by atoms with Crippen LogP contribution >= 0.6 is 0 Å². The second-order valence-electron chi connectivity index (χ2n) is 9.95. The average molecular weight is 502 g/mol. The fourth-order valence-electron chi connectivity index (χ4n) is 4.81. The molecule has 3 aromatic rings. The maximum Gasteiger partial charge on any atom is 0.274 e. The number of fused-ring (bicyclic) bond motifs is 1. The lowest BCUT2D eigenvalue weighted by molar-refractivity contribution is -0.133. The highest BCUT2D eigenvalue weighted by Crippen LogP contribution is 2.38. The highest BCUT2D eigenvalue weighted by molar-refractivity contribution is 6.07. The molecule has 1 aliphatic carbocycles. The Kier molecular flexibility index (Phi) is 6.45. The molecule has 9 heteroatoms. The summed E-state index contributed by atoms with van der Waals surface area (Å²) in [6, 6.07) is 15.3. The summed E-state index contributed by atoms with van der Waals surface area (Å²) in [5, 5.41) is 5.86. The summed E-state index contributed by atoms with van der Waals surface area (Å²) in [4.78, 5) is 46.2. The minimum Gasteiger partial charge on any atom is -0.497 e. The van der Waals surface area contributed by atoms with Crippen LogP contribution in [0.5, 0.6) is 5.75 Å². The van der Waals surface area contributed by atoms with E-state index in [9.17, 15) is 14.4 Å². The Labute approximate surface area is 215 Å². The lowest BCUT2D eigenvalue weighted by atomic mass is 9.93. The number of ether oxygens (including phenoxy) is 1. The molecule has 5 rings (SSSR count). The van der Waals surface area contributed by atoms with E-state index in [1.165, 1.54) is 6.33 Å². The van der Waals surface area contributed by atoms with E-state index in [1.54, 1.807) is 23.5 Å². The minimum absolute atomic E-state index is 0.0264. The summed E-state index contributed by atoms with van der Waals surface area (Å²) in [5.74, 6) is -0.261. The Morgan fingerprint density at radius 2 is 1.65 bits per heavy atom. The van der Waals surface area contributed by atoms with Gasteiger partial charge in [-0.15, -0.1) is 0 Å². The summed E-state index contributed by atoms with van der Waals surface area (Å²) in [7, 11) is 1.60. The van der Waals surface area contributed by atoms with Crippen molar-refractivity contribution in [3.05, 3.63) is 82.9 Å². The van der Waals surface area contributed by atoms with E-state index in [1.807, 2.05) is 55.5 Å². The van der Waals surface area contributed by atoms with Crippen molar-refractivity contribution in [3.8, 4) is 5.75 Å². The number of amides is 3. The van der Waals surface area contributed by atoms with Gasteiger partial charge in [0.15, 0.2) is 5.69 Å². The van der Waals surface area contributed by atoms with E-state index < -0.39 is 11.4 Å². The highest BCUT2D eigenvalue weighted by Gasteiger charge is 2.53. The predicted octanol–water partition coefficient (Wildman–Crippen LogP) is 2.82. The van der Waals surface area contributed by atoms with Gasteiger partial charge in [-0.25, -0.2) is 4.98 Å². The fourth-order valence-corrected chi connectivity index (χ4v) is 4.81. The smallest absolute Gasteiger partial charge is 0.274 e. The quantitative estimate of drug-likeness (QED) is 0.494. The lowest BCUT2D eigenvalue weighted by Crippen LogP contribution is -2.64. The Balaban J connectivity index is 1.33. The lowest BCUT2D eigenvalue weighted by Gasteiger charge is -2.44. The Morgan fingerprint density at radius 1 is 1.03 bits per heavy atom. The molecule has 0 unspecified atom stereocenters. The molecular weight excluding hydrogens is 470 g/mol. The number of hydrogen-bond donors (Lipinski definition) is 2. The van der Waals surface area contributed by atoms with Gasteiger partial charge >= 0.3 is 0 Å². The number of nitrogens with zero attached hydrogens (tertiary/aromatic N) is 3. The monoisotopic (exact) mass is 501 g/mol. The molecule has 2 N–H and O–H groups in total. The van der Waals surface area contributed by atoms with Crippen molar-refractivity contribution in [1.29, 1.82) is 0 Å². The van der Waals surface area contributed by atoms with E-state index in [-0.39, 0.29) is 42.3 Å². The zero-order valence-corrected chi connectivity index (χ0v) is 21.3. The summed E-state index contributed by atoms with van der Waals surface area (Å²) in [5.41, 5.74) is 2.24. The summed E-state index contributed by atoms with van der Waals surface area (Å²) in [6.07, 6.45) is 3.14. The topological polar surface area (TPSA) is 106 Å². The summed E-state index contributed by atoms with van der Waals surface area (Å²) >= 11 is 0. The molecule has 2 heterocycles. The number of rotatable bonds is 8. The van der Waals surface area contributed by atoms with Gasteiger partial charge in [0.2, 0.25) is 5.91 Å². The first kappa shape index (κ1) is 24.5. The van der Waals surface area contributed by atoms with Gasteiger partial charge in [0.25, 0.3) is 11.8 Å². The average Bonchev–Trinajstić information content (AvgIpc) is 3.64. The first-order valence-corrected chi connectivity index (χ1v) is 12.4.